The highest BCUT2D eigenvalue weighted by Gasteiger charge is 2.24. The number of aliphatic hydroxyl groups is 1. The number of rotatable bonds is 4. The molecule has 3 N–H and O–H groups in total. The lowest BCUT2D eigenvalue weighted by Gasteiger charge is -2.23. The zero-order valence-electron chi connectivity index (χ0n) is 11.2. The Bertz CT molecular complexity index is 603. The van der Waals surface area contributed by atoms with Crippen molar-refractivity contribution in [1.29, 1.82) is 0 Å². The molecule has 0 aliphatic carbocycles. The summed E-state index contributed by atoms with van der Waals surface area (Å²) in [5, 5.41) is 10.4. The molecule has 2 aromatic carbocycles. The summed E-state index contributed by atoms with van der Waals surface area (Å²) in [4.78, 5) is 0. The zero-order valence-corrected chi connectivity index (χ0v) is 11.9. The van der Waals surface area contributed by atoms with E-state index in [1.54, 1.807) is 6.07 Å². The second-order valence-electron chi connectivity index (χ2n) is 4.84. The van der Waals surface area contributed by atoms with Crippen LogP contribution >= 0.6 is 11.6 Å². The van der Waals surface area contributed by atoms with Gasteiger partial charge < -0.3 is 10.8 Å². The quantitative estimate of drug-likeness (QED) is 0.905. The Morgan fingerprint density at radius 3 is 2.60 bits per heavy atom. The van der Waals surface area contributed by atoms with Gasteiger partial charge in [-0.2, -0.15) is 0 Å². The van der Waals surface area contributed by atoms with Gasteiger partial charge in [-0.25, -0.2) is 4.39 Å². The lowest BCUT2D eigenvalue weighted by Crippen LogP contribution is -2.20. The molecule has 2 nitrogen and oxygen atoms in total. The van der Waals surface area contributed by atoms with E-state index in [1.165, 1.54) is 12.1 Å². The summed E-state index contributed by atoms with van der Waals surface area (Å²) in [5.41, 5.74) is 8.15. The number of benzene rings is 2. The van der Waals surface area contributed by atoms with Crippen LogP contribution in [-0.2, 0) is 0 Å². The van der Waals surface area contributed by atoms with Gasteiger partial charge in [0.15, 0.2) is 0 Å². The van der Waals surface area contributed by atoms with Crippen LogP contribution in [0.15, 0.2) is 42.5 Å². The minimum Gasteiger partial charge on any atom is -0.388 e. The maximum atomic E-state index is 13.5. The van der Waals surface area contributed by atoms with Gasteiger partial charge in [-0.05, 0) is 18.6 Å². The van der Waals surface area contributed by atoms with E-state index < -0.39 is 11.9 Å². The molecule has 2 aromatic rings. The summed E-state index contributed by atoms with van der Waals surface area (Å²) >= 11 is 5.93. The summed E-state index contributed by atoms with van der Waals surface area (Å²) in [6.07, 6.45) is -0.940. The van der Waals surface area contributed by atoms with Crippen molar-refractivity contribution in [2.45, 2.75) is 18.9 Å². The van der Waals surface area contributed by atoms with Gasteiger partial charge in [0.2, 0.25) is 0 Å². The van der Waals surface area contributed by atoms with Gasteiger partial charge in [-0.15, -0.1) is 0 Å². The molecule has 20 heavy (non-hydrogen) atoms. The largest absolute Gasteiger partial charge is 0.388 e. The Morgan fingerprint density at radius 2 is 1.95 bits per heavy atom. The second-order valence-corrected chi connectivity index (χ2v) is 5.22. The van der Waals surface area contributed by atoms with Crippen molar-refractivity contribution < 1.29 is 9.50 Å². The molecule has 0 saturated heterocycles. The minimum atomic E-state index is -0.940. The van der Waals surface area contributed by atoms with Crippen LogP contribution in [0.2, 0.25) is 5.02 Å². The van der Waals surface area contributed by atoms with Crippen molar-refractivity contribution in [3.8, 4) is 0 Å². The maximum absolute atomic E-state index is 13.5. The lowest BCUT2D eigenvalue weighted by molar-refractivity contribution is 0.147. The van der Waals surface area contributed by atoms with Crippen LogP contribution in [-0.4, -0.2) is 11.7 Å². The highest BCUT2D eigenvalue weighted by molar-refractivity contribution is 6.31. The summed E-state index contributed by atoms with van der Waals surface area (Å²) < 4.78 is 13.5. The Hall–Kier alpha value is -1.42. The molecule has 2 rings (SSSR count). The maximum Gasteiger partial charge on any atom is 0.142 e. The van der Waals surface area contributed by atoms with Crippen molar-refractivity contribution in [2.24, 2.45) is 5.73 Å². The molecule has 0 bridgehead atoms. The van der Waals surface area contributed by atoms with E-state index in [1.807, 2.05) is 31.2 Å². The smallest absolute Gasteiger partial charge is 0.142 e. The summed E-state index contributed by atoms with van der Waals surface area (Å²) in [7, 11) is 0. The van der Waals surface area contributed by atoms with E-state index in [9.17, 15) is 9.50 Å². The van der Waals surface area contributed by atoms with Crippen molar-refractivity contribution in [3.05, 3.63) is 70.0 Å². The van der Waals surface area contributed by atoms with Crippen molar-refractivity contribution in [2.75, 3.05) is 6.54 Å². The zero-order chi connectivity index (χ0) is 14.7. The van der Waals surface area contributed by atoms with Gasteiger partial charge in [-0.3, -0.25) is 0 Å². The predicted octanol–water partition coefficient (Wildman–Crippen LogP) is 3.56. The third kappa shape index (κ3) is 3.01. The molecular weight excluding hydrogens is 277 g/mol. The third-order valence-corrected chi connectivity index (χ3v) is 3.80. The van der Waals surface area contributed by atoms with Crippen LogP contribution in [0.1, 0.15) is 28.7 Å². The van der Waals surface area contributed by atoms with Crippen molar-refractivity contribution in [1.82, 2.24) is 0 Å². The van der Waals surface area contributed by atoms with Gasteiger partial charge in [0, 0.05) is 18.0 Å². The third-order valence-electron chi connectivity index (χ3n) is 3.41. The molecule has 0 heterocycles. The van der Waals surface area contributed by atoms with E-state index in [2.05, 4.69) is 0 Å². The normalized spacial score (nSPS) is 14.1. The van der Waals surface area contributed by atoms with Gasteiger partial charge in [-0.1, -0.05) is 53.6 Å². The number of aryl methyl sites for hydroxylation is 1. The van der Waals surface area contributed by atoms with E-state index >= 15 is 0 Å². The Labute approximate surface area is 123 Å². The first-order chi connectivity index (χ1) is 9.54. The topological polar surface area (TPSA) is 46.2 Å². The highest BCUT2D eigenvalue weighted by Crippen LogP contribution is 2.35. The van der Waals surface area contributed by atoms with Crippen LogP contribution in [0.3, 0.4) is 0 Å². The molecule has 106 valence electrons. The Kier molecular flexibility index (Phi) is 4.76. The average Bonchev–Trinajstić information content (AvgIpc) is 2.42. The van der Waals surface area contributed by atoms with Crippen LogP contribution in [0.5, 0.6) is 0 Å². The van der Waals surface area contributed by atoms with Gasteiger partial charge in [0.05, 0.1) is 11.1 Å². The highest BCUT2D eigenvalue weighted by atomic mass is 35.5. The molecule has 0 radical (unpaired) electrons. The van der Waals surface area contributed by atoms with E-state index in [0.717, 1.165) is 11.1 Å². The molecule has 0 aliphatic heterocycles. The number of aliphatic hydroxyl groups excluding tert-OH is 1. The molecule has 0 aliphatic rings. The van der Waals surface area contributed by atoms with E-state index in [0.29, 0.717) is 5.56 Å². The fraction of sp³-hybridized carbons (Fsp3) is 0.250. The Morgan fingerprint density at radius 1 is 1.25 bits per heavy atom. The van der Waals surface area contributed by atoms with E-state index in [-0.39, 0.29) is 17.5 Å². The molecule has 0 fully saturated rings. The molecule has 2 unspecified atom stereocenters. The predicted molar refractivity (Wildman–Crippen MR) is 79.3 cm³/mol. The number of hydrogen-bond donors (Lipinski definition) is 2. The fourth-order valence-electron chi connectivity index (χ4n) is 2.31. The molecule has 2 atom stereocenters. The molecule has 0 amide bonds. The molecule has 0 spiro atoms. The second kappa shape index (κ2) is 6.35. The average molecular weight is 294 g/mol. The number of nitrogens with two attached hydrogens (primary N) is 1. The summed E-state index contributed by atoms with van der Waals surface area (Å²) in [5.74, 6) is -0.863. The first-order valence-electron chi connectivity index (χ1n) is 6.43. The molecule has 4 heteroatoms. The van der Waals surface area contributed by atoms with Crippen molar-refractivity contribution >= 4 is 11.6 Å². The lowest BCUT2D eigenvalue weighted by atomic mass is 9.88. The van der Waals surface area contributed by atoms with Crippen molar-refractivity contribution in [3.63, 3.8) is 0 Å². The summed E-state index contributed by atoms with van der Waals surface area (Å²) in [6.45, 7) is 2.22. The first-order valence-corrected chi connectivity index (χ1v) is 6.81. The van der Waals surface area contributed by atoms with E-state index in [4.69, 9.17) is 17.3 Å². The Balaban J connectivity index is 2.39. The van der Waals surface area contributed by atoms with Crippen LogP contribution < -0.4 is 5.73 Å². The molecular formula is C16H17ClFNO. The van der Waals surface area contributed by atoms with Gasteiger partial charge in [0.1, 0.15) is 5.82 Å². The molecule has 0 aromatic heterocycles. The standard InChI is InChI=1S/C16H17ClFNO/c1-10-4-2-5-11(8-10)13(9-19)16(20)12-6-3-7-14(18)15(12)17/h2-8,13,16,20H,9,19H2,1H3. The van der Waals surface area contributed by atoms with Gasteiger partial charge >= 0.3 is 0 Å². The monoisotopic (exact) mass is 293 g/mol. The molecule has 0 saturated carbocycles. The van der Waals surface area contributed by atoms with Gasteiger partial charge in [0.25, 0.3) is 0 Å². The van der Waals surface area contributed by atoms with Crippen LogP contribution in [0, 0.1) is 12.7 Å². The SMILES string of the molecule is Cc1cccc(C(CN)C(O)c2cccc(F)c2Cl)c1. The summed E-state index contributed by atoms with van der Waals surface area (Å²) in [6, 6.07) is 12.2. The minimum absolute atomic E-state index is 0.0499. The first kappa shape index (κ1) is 15.0. The fourth-order valence-corrected chi connectivity index (χ4v) is 2.55. The number of hydrogen-bond acceptors (Lipinski definition) is 2. The van der Waals surface area contributed by atoms with Crippen LogP contribution in [0.4, 0.5) is 4.39 Å². The number of halogens is 2. The van der Waals surface area contributed by atoms with Crippen LogP contribution in [0.25, 0.3) is 0 Å².